The largest absolute Gasteiger partial charge is 0.371 e. The molecule has 0 bridgehead atoms. The van der Waals surface area contributed by atoms with Crippen LogP contribution in [0.25, 0.3) is 0 Å². The van der Waals surface area contributed by atoms with Gasteiger partial charge in [0.1, 0.15) is 5.82 Å². The van der Waals surface area contributed by atoms with E-state index in [0.29, 0.717) is 18.1 Å². The van der Waals surface area contributed by atoms with Crippen LogP contribution in [0.3, 0.4) is 0 Å². The van der Waals surface area contributed by atoms with E-state index in [4.69, 9.17) is 5.73 Å². The fourth-order valence-corrected chi connectivity index (χ4v) is 3.88. The van der Waals surface area contributed by atoms with Gasteiger partial charge in [-0.1, -0.05) is 0 Å². The van der Waals surface area contributed by atoms with Crippen molar-refractivity contribution in [3.63, 3.8) is 0 Å². The highest BCUT2D eigenvalue weighted by Gasteiger charge is 2.25. The quantitative estimate of drug-likeness (QED) is 0.902. The molecule has 1 saturated carbocycles. The highest BCUT2D eigenvalue weighted by molar-refractivity contribution is 5.53. The Morgan fingerprint density at radius 3 is 2.32 bits per heavy atom. The van der Waals surface area contributed by atoms with Gasteiger partial charge >= 0.3 is 0 Å². The van der Waals surface area contributed by atoms with E-state index in [1.807, 2.05) is 13.0 Å². The molecule has 1 aromatic rings. The van der Waals surface area contributed by atoms with Gasteiger partial charge in [0.2, 0.25) is 0 Å². The molecule has 0 unspecified atom stereocenters. The van der Waals surface area contributed by atoms with Gasteiger partial charge in [-0.15, -0.1) is 0 Å². The van der Waals surface area contributed by atoms with Crippen molar-refractivity contribution in [2.24, 2.45) is 5.73 Å². The number of hydrogen-bond donors (Lipinski definition) is 2. The predicted octanol–water partition coefficient (Wildman–Crippen LogP) is 2.96. The lowest BCUT2D eigenvalue weighted by molar-refractivity contribution is 0.292. The molecule has 1 saturated heterocycles. The third-order valence-electron chi connectivity index (χ3n) is 5.24. The molecule has 0 radical (unpaired) electrons. The van der Waals surface area contributed by atoms with E-state index < -0.39 is 0 Å². The molecule has 1 aliphatic heterocycles. The molecule has 22 heavy (non-hydrogen) atoms. The van der Waals surface area contributed by atoms with Crippen LogP contribution in [-0.4, -0.2) is 31.2 Å². The van der Waals surface area contributed by atoms with Crippen molar-refractivity contribution < 1.29 is 4.39 Å². The van der Waals surface area contributed by atoms with Crippen molar-refractivity contribution in [1.29, 1.82) is 0 Å². The zero-order valence-corrected chi connectivity index (χ0v) is 13.5. The first kappa shape index (κ1) is 15.8. The Bertz CT molecular complexity index is 489. The van der Waals surface area contributed by atoms with E-state index in [0.717, 1.165) is 31.5 Å². The number of nitrogens with two attached hydrogens (primary N) is 1. The normalized spacial score (nSPS) is 27.1. The Morgan fingerprint density at radius 2 is 1.68 bits per heavy atom. The summed E-state index contributed by atoms with van der Waals surface area (Å²) in [4.78, 5) is 2.39. The fraction of sp³-hybridized carbons (Fsp3) is 0.667. The monoisotopic (exact) mass is 305 g/mol. The van der Waals surface area contributed by atoms with E-state index in [2.05, 4.69) is 10.2 Å². The minimum atomic E-state index is -0.145. The second-order valence-corrected chi connectivity index (χ2v) is 6.97. The van der Waals surface area contributed by atoms with Crippen LogP contribution in [-0.2, 0) is 0 Å². The molecule has 3 N–H and O–H groups in total. The zero-order chi connectivity index (χ0) is 15.5. The van der Waals surface area contributed by atoms with Gasteiger partial charge in [-0.05, 0) is 69.2 Å². The third-order valence-corrected chi connectivity index (χ3v) is 5.24. The lowest BCUT2D eigenvalue weighted by Crippen LogP contribution is -2.48. The zero-order valence-electron chi connectivity index (χ0n) is 13.5. The molecule has 1 aliphatic carbocycles. The van der Waals surface area contributed by atoms with E-state index >= 15 is 0 Å². The van der Waals surface area contributed by atoms with Crippen molar-refractivity contribution >= 4 is 5.69 Å². The minimum absolute atomic E-state index is 0.145. The number of nitrogens with one attached hydrogen (secondary N) is 1. The van der Waals surface area contributed by atoms with Crippen molar-refractivity contribution in [2.45, 2.75) is 63.6 Å². The van der Waals surface area contributed by atoms with Gasteiger partial charge in [0.15, 0.2) is 0 Å². The molecule has 2 fully saturated rings. The molecule has 2 aliphatic rings. The lowest BCUT2D eigenvalue weighted by Gasteiger charge is -2.37. The standard InChI is InChI=1S/C18H28FN3/c1-13-12-14(19)2-7-18(13)22-10-8-17(9-11-22)21-16-5-3-15(20)4-6-16/h2,7,12,15-17,21H,3-6,8-11,20H2,1H3. The molecule has 1 heterocycles. The molecule has 1 aromatic carbocycles. The summed E-state index contributed by atoms with van der Waals surface area (Å²) in [5.74, 6) is -0.145. The molecule has 0 aromatic heterocycles. The summed E-state index contributed by atoms with van der Waals surface area (Å²) >= 11 is 0. The van der Waals surface area contributed by atoms with Gasteiger partial charge in [-0.2, -0.15) is 0 Å². The minimum Gasteiger partial charge on any atom is -0.371 e. The van der Waals surface area contributed by atoms with E-state index in [9.17, 15) is 4.39 Å². The number of nitrogens with zero attached hydrogens (tertiary/aromatic N) is 1. The van der Waals surface area contributed by atoms with Crippen LogP contribution >= 0.6 is 0 Å². The first-order chi connectivity index (χ1) is 10.6. The first-order valence-electron chi connectivity index (χ1n) is 8.64. The van der Waals surface area contributed by atoms with Gasteiger partial charge in [-0.25, -0.2) is 4.39 Å². The summed E-state index contributed by atoms with van der Waals surface area (Å²) in [5.41, 5.74) is 8.20. The Balaban J connectivity index is 1.50. The van der Waals surface area contributed by atoms with E-state index in [1.165, 1.54) is 31.4 Å². The maximum Gasteiger partial charge on any atom is 0.123 e. The van der Waals surface area contributed by atoms with E-state index in [1.54, 1.807) is 12.1 Å². The number of anilines is 1. The van der Waals surface area contributed by atoms with Gasteiger partial charge in [0, 0.05) is 36.9 Å². The Labute approximate surface area is 133 Å². The molecule has 4 heteroatoms. The third kappa shape index (κ3) is 3.79. The average molecular weight is 305 g/mol. The number of benzene rings is 1. The summed E-state index contributed by atoms with van der Waals surface area (Å²) < 4.78 is 13.2. The van der Waals surface area contributed by atoms with Gasteiger partial charge < -0.3 is 16.0 Å². The molecule has 0 atom stereocenters. The predicted molar refractivity (Wildman–Crippen MR) is 89.7 cm³/mol. The van der Waals surface area contributed by atoms with Crippen molar-refractivity contribution in [3.05, 3.63) is 29.6 Å². The summed E-state index contributed by atoms with van der Waals surface area (Å²) in [5, 5.41) is 3.83. The van der Waals surface area contributed by atoms with Crippen LogP contribution in [0.4, 0.5) is 10.1 Å². The van der Waals surface area contributed by atoms with Crippen molar-refractivity contribution in [1.82, 2.24) is 5.32 Å². The van der Waals surface area contributed by atoms with Crippen molar-refractivity contribution in [3.8, 4) is 0 Å². The SMILES string of the molecule is Cc1cc(F)ccc1N1CCC(NC2CCC(N)CC2)CC1. The Kier molecular flexibility index (Phi) is 4.99. The number of halogens is 1. The van der Waals surface area contributed by atoms with Crippen LogP contribution in [0.2, 0.25) is 0 Å². The molecule has 0 amide bonds. The fourth-order valence-electron chi connectivity index (χ4n) is 3.88. The maximum absolute atomic E-state index is 13.2. The van der Waals surface area contributed by atoms with Gasteiger partial charge in [0.05, 0.1) is 0 Å². The highest BCUT2D eigenvalue weighted by Crippen LogP contribution is 2.25. The van der Waals surface area contributed by atoms with Crippen LogP contribution in [0, 0.1) is 12.7 Å². The molecule has 122 valence electrons. The highest BCUT2D eigenvalue weighted by atomic mass is 19.1. The number of piperidine rings is 1. The lowest BCUT2D eigenvalue weighted by atomic mass is 9.90. The second kappa shape index (κ2) is 6.97. The molecular formula is C18H28FN3. The Morgan fingerprint density at radius 1 is 1.05 bits per heavy atom. The summed E-state index contributed by atoms with van der Waals surface area (Å²) in [6.07, 6.45) is 7.09. The smallest absolute Gasteiger partial charge is 0.123 e. The molecule has 3 rings (SSSR count). The van der Waals surface area contributed by atoms with Gasteiger partial charge in [-0.3, -0.25) is 0 Å². The summed E-state index contributed by atoms with van der Waals surface area (Å²) in [6, 6.07) is 6.81. The maximum atomic E-state index is 13.2. The molecular weight excluding hydrogens is 277 g/mol. The average Bonchev–Trinajstić information content (AvgIpc) is 2.51. The molecule has 0 spiro atoms. The second-order valence-electron chi connectivity index (χ2n) is 6.97. The van der Waals surface area contributed by atoms with Crippen molar-refractivity contribution in [2.75, 3.05) is 18.0 Å². The van der Waals surface area contributed by atoms with Crippen LogP contribution in [0.5, 0.6) is 0 Å². The van der Waals surface area contributed by atoms with E-state index in [-0.39, 0.29) is 5.82 Å². The number of rotatable bonds is 3. The number of aryl methyl sites for hydroxylation is 1. The number of hydrogen-bond acceptors (Lipinski definition) is 3. The topological polar surface area (TPSA) is 41.3 Å². The van der Waals surface area contributed by atoms with Crippen LogP contribution in [0.15, 0.2) is 18.2 Å². The van der Waals surface area contributed by atoms with Gasteiger partial charge in [0.25, 0.3) is 0 Å². The Hall–Kier alpha value is -1.13. The summed E-state index contributed by atoms with van der Waals surface area (Å²) in [6.45, 7) is 4.10. The molecule has 3 nitrogen and oxygen atoms in total. The summed E-state index contributed by atoms with van der Waals surface area (Å²) in [7, 11) is 0. The van der Waals surface area contributed by atoms with Crippen LogP contribution in [0.1, 0.15) is 44.1 Å². The van der Waals surface area contributed by atoms with Crippen LogP contribution < -0.4 is 16.0 Å². The first-order valence-corrected chi connectivity index (χ1v) is 8.64.